The first-order valence-corrected chi connectivity index (χ1v) is 8.24. The quantitative estimate of drug-likeness (QED) is 0.856. The standard InChI is InChI=1S/C15H22ClNO2S/c1-15(2,3)14(18)19-13(10-6-8-17-9-7-10)11-4-5-12(16)20-11/h4-5,10,13,17H,6-9H2,1-3H3. The van der Waals surface area contributed by atoms with E-state index in [0.29, 0.717) is 5.92 Å². The van der Waals surface area contributed by atoms with Crippen molar-refractivity contribution in [3.05, 3.63) is 21.3 Å². The van der Waals surface area contributed by atoms with E-state index in [1.807, 2.05) is 32.9 Å². The van der Waals surface area contributed by atoms with Crippen molar-refractivity contribution in [2.75, 3.05) is 13.1 Å². The zero-order chi connectivity index (χ0) is 14.8. The number of piperidine rings is 1. The number of thiophene rings is 1. The molecule has 1 saturated heterocycles. The van der Waals surface area contributed by atoms with E-state index < -0.39 is 5.41 Å². The van der Waals surface area contributed by atoms with Crippen LogP contribution in [-0.4, -0.2) is 19.1 Å². The lowest BCUT2D eigenvalue weighted by Gasteiger charge is -2.31. The molecule has 0 aliphatic carbocycles. The van der Waals surface area contributed by atoms with Gasteiger partial charge in [0.15, 0.2) is 0 Å². The average molecular weight is 316 g/mol. The monoisotopic (exact) mass is 315 g/mol. The second-order valence-corrected chi connectivity index (χ2v) is 8.05. The van der Waals surface area contributed by atoms with E-state index in [-0.39, 0.29) is 12.1 Å². The minimum Gasteiger partial charge on any atom is -0.456 e. The van der Waals surface area contributed by atoms with Gasteiger partial charge in [0, 0.05) is 10.8 Å². The summed E-state index contributed by atoms with van der Waals surface area (Å²) in [5.41, 5.74) is -0.480. The van der Waals surface area contributed by atoms with Crippen LogP contribution in [0.5, 0.6) is 0 Å². The van der Waals surface area contributed by atoms with Crippen LogP contribution >= 0.6 is 22.9 Å². The van der Waals surface area contributed by atoms with Crippen molar-refractivity contribution in [2.45, 2.75) is 39.7 Å². The first kappa shape index (κ1) is 15.8. The third-order valence-electron chi connectivity index (χ3n) is 3.53. The summed E-state index contributed by atoms with van der Waals surface area (Å²) in [6, 6.07) is 3.86. The van der Waals surface area contributed by atoms with Gasteiger partial charge in [-0.15, -0.1) is 11.3 Å². The smallest absolute Gasteiger partial charge is 0.311 e. The molecule has 0 amide bonds. The van der Waals surface area contributed by atoms with Gasteiger partial charge in [0.1, 0.15) is 6.10 Å². The fourth-order valence-electron chi connectivity index (χ4n) is 2.31. The largest absolute Gasteiger partial charge is 0.456 e. The normalized spacial score (nSPS) is 18.8. The van der Waals surface area contributed by atoms with Crippen molar-refractivity contribution in [2.24, 2.45) is 11.3 Å². The van der Waals surface area contributed by atoms with E-state index in [1.165, 1.54) is 11.3 Å². The van der Waals surface area contributed by atoms with Crippen molar-refractivity contribution >= 4 is 28.9 Å². The minimum atomic E-state index is -0.480. The fraction of sp³-hybridized carbons (Fsp3) is 0.667. The Labute approximate surface area is 129 Å². The van der Waals surface area contributed by atoms with Gasteiger partial charge in [0.2, 0.25) is 0 Å². The molecule has 0 aromatic carbocycles. The highest BCUT2D eigenvalue weighted by Gasteiger charge is 2.33. The molecule has 1 N–H and O–H groups in total. The summed E-state index contributed by atoms with van der Waals surface area (Å²) in [6.45, 7) is 7.61. The minimum absolute atomic E-state index is 0.148. The van der Waals surface area contributed by atoms with E-state index in [1.54, 1.807) is 0 Å². The van der Waals surface area contributed by atoms with Crippen molar-refractivity contribution < 1.29 is 9.53 Å². The Morgan fingerprint density at radius 1 is 1.40 bits per heavy atom. The van der Waals surface area contributed by atoms with E-state index in [9.17, 15) is 4.79 Å². The lowest BCUT2D eigenvalue weighted by atomic mass is 9.90. The molecule has 3 nitrogen and oxygen atoms in total. The van der Waals surface area contributed by atoms with Gasteiger partial charge in [0.05, 0.1) is 9.75 Å². The first-order chi connectivity index (χ1) is 9.38. The molecule has 20 heavy (non-hydrogen) atoms. The van der Waals surface area contributed by atoms with Crippen molar-refractivity contribution in [1.82, 2.24) is 5.32 Å². The topological polar surface area (TPSA) is 38.3 Å². The van der Waals surface area contributed by atoms with Crippen LogP contribution in [0.15, 0.2) is 12.1 Å². The van der Waals surface area contributed by atoms with Gasteiger partial charge in [-0.05, 0) is 58.8 Å². The number of halogens is 1. The van der Waals surface area contributed by atoms with E-state index in [0.717, 1.165) is 35.1 Å². The molecule has 1 unspecified atom stereocenters. The van der Waals surface area contributed by atoms with E-state index >= 15 is 0 Å². The highest BCUT2D eigenvalue weighted by atomic mass is 35.5. The van der Waals surface area contributed by atoms with Gasteiger partial charge in [-0.3, -0.25) is 4.79 Å². The summed E-state index contributed by atoms with van der Waals surface area (Å²) < 4.78 is 6.58. The molecule has 0 saturated carbocycles. The third kappa shape index (κ3) is 3.96. The molecule has 1 aromatic heterocycles. The van der Waals surface area contributed by atoms with Gasteiger partial charge < -0.3 is 10.1 Å². The van der Waals surface area contributed by atoms with Crippen LogP contribution in [0.3, 0.4) is 0 Å². The van der Waals surface area contributed by atoms with E-state index in [2.05, 4.69) is 5.32 Å². The van der Waals surface area contributed by atoms with Gasteiger partial charge in [-0.1, -0.05) is 11.6 Å². The zero-order valence-corrected chi connectivity index (χ0v) is 13.8. The Bertz CT molecular complexity index is 461. The highest BCUT2D eigenvalue weighted by Crippen LogP contribution is 2.38. The van der Waals surface area contributed by atoms with Crippen LogP contribution < -0.4 is 5.32 Å². The summed E-state index contributed by atoms with van der Waals surface area (Å²) in [6.07, 6.45) is 1.89. The van der Waals surface area contributed by atoms with Crippen LogP contribution in [0.1, 0.15) is 44.6 Å². The molecule has 1 aliphatic rings. The lowest BCUT2D eigenvalue weighted by molar-refractivity contribution is -0.162. The maximum absolute atomic E-state index is 12.2. The van der Waals surface area contributed by atoms with Crippen LogP contribution in [-0.2, 0) is 9.53 Å². The molecule has 0 spiro atoms. The second-order valence-electron chi connectivity index (χ2n) is 6.31. The molecule has 2 rings (SSSR count). The molecule has 0 bridgehead atoms. The van der Waals surface area contributed by atoms with Crippen LogP contribution in [0.4, 0.5) is 0 Å². The summed E-state index contributed by atoms with van der Waals surface area (Å²) in [4.78, 5) is 13.3. The molecular formula is C15H22ClNO2S. The van der Waals surface area contributed by atoms with Gasteiger partial charge in [0.25, 0.3) is 0 Å². The van der Waals surface area contributed by atoms with Crippen molar-refractivity contribution in [1.29, 1.82) is 0 Å². The molecule has 5 heteroatoms. The maximum Gasteiger partial charge on any atom is 0.311 e. The first-order valence-electron chi connectivity index (χ1n) is 7.05. The molecular weight excluding hydrogens is 294 g/mol. The fourth-order valence-corrected chi connectivity index (χ4v) is 3.49. The number of hydrogen-bond donors (Lipinski definition) is 1. The molecule has 1 fully saturated rings. The Kier molecular flexibility index (Phi) is 5.10. The Morgan fingerprint density at radius 2 is 2.05 bits per heavy atom. The molecule has 1 aromatic rings. The van der Waals surface area contributed by atoms with Crippen molar-refractivity contribution in [3.63, 3.8) is 0 Å². The molecule has 0 radical (unpaired) electrons. The molecule has 1 aliphatic heterocycles. The Hall–Kier alpha value is -0.580. The summed E-state index contributed by atoms with van der Waals surface area (Å²) in [5.74, 6) is 0.225. The predicted octanol–water partition coefficient (Wildman–Crippen LogP) is 4.03. The Morgan fingerprint density at radius 3 is 2.55 bits per heavy atom. The van der Waals surface area contributed by atoms with Crippen LogP contribution in [0.2, 0.25) is 4.34 Å². The SMILES string of the molecule is CC(C)(C)C(=O)OC(c1ccc(Cl)s1)C1CCNCC1. The molecule has 2 heterocycles. The summed E-state index contributed by atoms with van der Waals surface area (Å²) >= 11 is 7.55. The zero-order valence-electron chi connectivity index (χ0n) is 12.2. The Balaban J connectivity index is 2.17. The average Bonchev–Trinajstić information content (AvgIpc) is 2.82. The highest BCUT2D eigenvalue weighted by molar-refractivity contribution is 7.16. The summed E-state index contributed by atoms with van der Waals surface area (Å²) in [5, 5.41) is 3.35. The van der Waals surface area contributed by atoms with Gasteiger partial charge in [-0.2, -0.15) is 0 Å². The second kappa shape index (κ2) is 6.46. The van der Waals surface area contributed by atoms with Crippen LogP contribution in [0.25, 0.3) is 0 Å². The van der Waals surface area contributed by atoms with E-state index in [4.69, 9.17) is 16.3 Å². The van der Waals surface area contributed by atoms with Gasteiger partial charge in [-0.25, -0.2) is 0 Å². The lowest BCUT2D eigenvalue weighted by Crippen LogP contribution is -2.34. The van der Waals surface area contributed by atoms with Gasteiger partial charge >= 0.3 is 5.97 Å². The molecule has 112 valence electrons. The number of hydrogen-bond acceptors (Lipinski definition) is 4. The number of rotatable bonds is 3. The number of carbonyl (C=O) groups excluding carboxylic acids is 1. The number of esters is 1. The number of carbonyl (C=O) groups is 1. The molecule has 1 atom stereocenters. The predicted molar refractivity (Wildman–Crippen MR) is 83.2 cm³/mol. The van der Waals surface area contributed by atoms with Crippen molar-refractivity contribution in [3.8, 4) is 0 Å². The van der Waals surface area contributed by atoms with Crippen LogP contribution in [0, 0.1) is 11.3 Å². The third-order valence-corrected chi connectivity index (χ3v) is 4.83. The maximum atomic E-state index is 12.2. The number of ether oxygens (including phenoxy) is 1. The summed E-state index contributed by atoms with van der Waals surface area (Å²) in [7, 11) is 0. The number of nitrogens with one attached hydrogen (secondary N) is 1.